The molecule has 1 aliphatic heterocycles. The average Bonchev–Trinajstić information content (AvgIpc) is 3.32. The molecular weight excluding hydrogens is 359 g/mol. The van der Waals surface area contributed by atoms with E-state index in [9.17, 15) is 9.18 Å². The van der Waals surface area contributed by atoms with E-state index in [1.54, 1.807) is 54.6 Å². The molecule has 0 fully saturated rings. The van der Waals surface area contributed by atoms with E-state index in [-0.39, 0.29) is 17.4 Å². The van der Waals surface area contributed by atoms with Gasteiger partial charge >= 0.3 is 0 Å². The third kappa shape index (κ3) is 3.44. The lowest BCUT2D eigenvalue weighted by Gasteiger charge is -2.19. The van der Waals surface area contributed by atoms with Crippen LogP contribution in [0.1, 0.15) is 18.2 Å². The van der Waals surface area contributed by atoms with Crippen LogP contribution >= 0.6 is 0 Å². The summed E-state index contributed by atoms with van der Waals surface area (Å²) in [6.07, 6.45) is 3.11. The minimum Gasteiger partial charge on any atom is -0.494 e. The number of aliphatic imine (C=N–C) groups is 1. The van der Waals surface area contributed by atoms with Crippen molar-refractivity contribution in [1.82, 2.24) is 0 Å². The molecule has 4 rings (SSSR count). The first kappa shape index (κ1) is 17.7. The quantitative estimate of drug-likeness (QED) is 0.609. The van der Waals surface area contributed by atoms with E-state index in [1.807, 2.05) is 6.92 Å². The summed E-state index contributed by atoms with van der Waals surface area (Å²) in [6, 6.07) is 16.5. The molecule has 1 aliphatic rings. The van der Waals surface area contributed by atoms with Crippen molar-refractivity contribution in [2.24, 2.45) is 4.99 Å². The number of hydrogen-bond acceptors (Lipinski definition) is 4. The number of rotatable bonds is 5. The van der Waals surface area contributed by atoms with Crippen LogP contribution in [0.25, 0.3) is 6.08 Å². The Balaban J connectivity index is 1.77. The molecule has 0 bridgehead atoms. The van der Waals surface area contributed by atoms with Crippen molar-refractivity contribution >= 4 is 23.5 Å². The molecule has 1 amide bonds. The summed E-state index contributed by atoms with van der Waals surface area (Å²) in [5, 5.41) is 0. The zero-order valence-corrected chi connectivity index (χ0v) is 15.1. The Morgan fingerprint density at radius 3 is 2.50 bits per heavy atom. The van der Waals surface area contributed by atoms with Gasteiger partial charge in [0.25, 0.3) is 5.91 Å². The molecule has 0 saturated carbocycles. The Bertz CT molecular complexity index is 1040. The van der Waals surface area contributed by atoms with Crippen LogP contribution in [0, 0.1) is 5.82 Å². The number of carbonyl (C=O) groups is 1. The fraction of sp³-hybridized carbons (Fsp3) is 0.0909. The average molecular weight is 376 g/mol. The zero-order valence-electron chi connectivity index (χ0n) is 15.1. The lowest BCUT2D eigenvalue weighted by Crippen LogP contribution is -2.32. The first-order chi connectivity index (χ1) is 13.7. The van der Waals surface area contributed by atoms with Gasteiger partial charge in [-0.05, 0) is 67.6 Å². The summed E-state index contributed by atoms with van der Waals surface area (Å²) in [5.74, 6) is 1.02. The topological polar surface area (TPSA) is 55.0 Å². The van der Waals surface area contributed by atoms with Crippen molar-refractivity contribution in [3.8, 4) is 5.75 Å². The molecule has 2 heterocycles. The molecule has 0 spiro atoms. The molecule has 0 aliphatic carbocycles. The Labute approximate surface area is 161 Å². The van der Waals surface area contributed by atoms with Crippen molar-refractivity contribution < 1.29 is 18.3 Å². The van der Waals surface area contributed by atoms with E-state index in [2.05, 4.69) is 4.99 Å². The Kier molecular flexibility index (Phi) is 4.76. The van der Waals surface area contributed by atoms with Gasteiger partial charge in [0.2, 0.25) is 0 Å². The van der Waals surface area contributed by atoms with Crippen LogP contribution in [0.15, 0.2) is 82.0 Å². The van der Waals surface area contributed by atoms with E-state index in [4.69, 9.17) is 9.15 Å². The van der Waals surface area contributed by atoms with Gasteiger partial charge in [-0.15, -0.1) is 0 Å². The largest absolute Gasteiger partial charge is 0.494 e. The molecule has 5 nitrogen and oxygen atoms in total. The van der Waals surface area contributed by atoms with E-state index >= 15 is 0 Å². The van der Waals surface area contributed by atoms with Crippen LogP contribution in [0.5, 0.6) is 5.75 Å². The smallest absolute Gasteiger partial charge is 0.282 e. The fourth-order valence-electron chi connectivity index (χ4n) is 2.92. The Hall–Kier alpha value is -3.67. The second-order valence-corrected chi connectivity index (χ2v) is 6.05. The highest BCUT2D eigenvalue weighted by Gasteiger charge is 2.32. The molecule has 1 aromatic heterocycles. The number of nitrogens with zero attached hydrogens (tertiary/aromatic N) is 2. The van der Waals surface area contributed by atoms with Crippen LogP contribution in [-0.2, 0) is 4.79 Å². The molecule has 6 heteroatoms. The van der Waals surface area contributed by atoms with Gasteiger partial charge in [0, 0.05) is 11.6 Å². The van der Waals surface area contributed by atoms with Gasteiger partial charge in [0.15, 0.2) is 0 Å². The SMILES string of the molecule is CCOc1ccc(N2C(=O)/C(=C\c3ccco3)N=C2c2ccc(F)cc2)cc1. The first-order valence-electron chi connectivity index (χ1n) is 8.83. The highest BCUT2D eigenvalue weighted by Crippen LogP contribution is 2.29. The second kappa shape index (κ2) is 7.52. The van der Waals surface area contributed by atoms with Crippen LogP contribution in [0.3, 0.4) is 0 Å². The standard InChI is InChI=1S/C22H17FN2O3/c1-2-27-18-11-9-17(10-12-18)25-21(15-5-7-16(23)8-6-15)24-20(22(25)26)14-19-4-3-13-28-19/h3-14H,2H2,1H3/b20-14+. The van der Waals surface area contributed by atoms with Gasteiger partial charge in [-0.3, -0.25) is 9.69 Å². The van der Waals surface area contributed by atoms with Crippen LogP contribution < -0.4 is 9.64 Å². The number of halogens is 1. The summed E-state index contributed by atoms with van der Waals surface area (Å²) in [7, 11) is 0. The number of anilines is 1. The van der Waals surface area contributed by atoms with E-state index in [0.29, 0.717) is 35.2 Å². The van der Waals surface area contributed by atoms with E-state index in [1.165, 1.54) is 23.3 Å². The number of furan rings is 1. The third-order valence-corrected chi connectivity index (χ3v) is 4.19. The lowest BCUT2D eigenvalue weighted by molar-refractivity contribution is -0.113. The molecule has 0 atom stereocenters. The highest BCUT2D eigenvalue weighted by atomic mass is 19.1. The predicted molar refractivity (Wildman–Crippen MR) is 105 cm³/mol. The van der Waals surface area contributed by atoms with Crippen molar-refractivity contribution in [3.63, 3.8) is 0 Å². The number of hydrogen-bond donors (Lipinski definition) is 0. The van der Waals surface area contributed by atoms with Crippen LogP contribution in [0.4, 0.5) is 10.1 Å². The van der Waals surface area contributed by atoms with Crippen LogP contribution in [-0.4, -0.2) is 18.3 Å². The van der Waals surface area contributed by atoms with Crippen molar-refractivity contribution in [1.29, 1.82) is 0 Å². The van der Waals surface area contributed by atoms with Gasteiger partial charge in [-0.1, -0.05) is 0 Å². The first-order valence-corrected chi connectivity index (χ1v) is 8.83. The fourth-order valence-corrected chi connectivity index (χ4v) is 2.92. The number of carbonyl (C=O) groups excluding carboxylic acids is 1. The maximum Gasteiger partial charge on any atom is 0.282 e. The number of benzene rings is 2. The normalized spacial score (nSPS) is 15.2. The molecule has 3 aromatic rings. The molecule has 0 saturated heterocycles. The minimum absolute atomic E-state index is 0.239. The maximum absolute atomic E-state index is 13.4. The van der Waals surface area contributed by atoms with Gasteiger partial charge in [0.05, 0.1) is 18.6 Å². The Morgan fingerprint density at radius 2 is 1.86 bits per heavy atom. The highest BCUT2D eigenvalue weighted by molar-refractivity contribution is 6.33. The van der Waals surface area contributed by atoms with Gasteiger partial charge in [-0.25, -0.2) is 9.38 Å². The van der Waals surface area contributed by atoms with Crippen molar-refractivity contribution in [3.05, 3.63) is 89.8 Å². The number of amides is 1. The number of ether oxygens (including phenoxy) is 1. The molecule has 28 heavy (non-hydrogen) atoms. The van der Waals surface area contributed by atoms with Crippen molar-refractivity contribution in [2.45, 2.75) is 6.92 Å². The summed E-state index contributed by atoms with van der Waals surface area (Å²) >= 11 is 0. The molecular formula is C22H17FN2O3. The minimum atomic E-state index is -0.354. The third-order valence-electron chi connectivity index (χ3n) is 4.19. The van der Waals surface area contributed by atoms with Crippen molar-refractivity contribution in [2.75, 3.05) is 11.5 Å². The predicted octanol–water partition coefficient (Wildman–Crippen LogP) is 4.65. The summed E-state index contributed by atoms with van der Waals surface area (Å²) in [5.41, 5.74) is 1.51. The molecule has 0 radical (unpaired) electrons. The Morgan fingerprint density at radius 1 is 1.11 bits per heavy atom. The molecule has 2 aromatic carbocycles. The zero-order chi connectivity index (χ0) is 19.5. The molecule has 0 N–H and O–H groups in total. The van der Waals surface area contributed by atoms with E-state index in [0.717, 1.165) is 0 Å². The monoisotopic (exact) mass is 376 g/mol. The second-order valence-electron chi connectivity index (χ2n) is 6.05. The van der Waals surface area contributed by atoms with Gasteiger partial charge < -0.3 is 9.15 Å². The molecule has 0 unspecified atom stereocenters. The van der Waals surface area contributed by atoms with Gasteiger partial charge in [-0.2, -0.15) is 0 Å². The summed E-state index contributed by atoms with van der Waals surface area (Å²) in [6.45, 7) is 2.46. The maximum atomic E-state index is 13.4. The summed E-state index contributed by atoms with van der Waals surface area (Å²) < 4.78 is 24.1. The summed E-state index contributed by atoms with van der Waals surface area (Å²) in [4.78, 5) is 19.1. The lowest BCUT2D eigenvalue weighted by atomic mass is 10.1. The number of amidine groups is 1. The van der Waals surface area contributed by atoms with E-state index < -0.39 is 0 Å². The van der Waals surface area contributed by atoms with Crippen LogP contribution in [0.2, 0.25) is 0 Å². The van der Waals surface area contributed by atoms with Gasteiger partial charge in [0.1, 0.15) is 28.9 Å². The molecule has 140 valence electrons.